The van der Waals surface area contributed by atoms with Crippen molar-refractivity contribution in [2.75, 3.05) is 0 Å². The molecular weight excluding hydrogens is 316 g/mol. The van der Waals surface area contributed by atoms with Gasteiger partial charge >= 0.3 is 0 Å². The van der Waals surface area contributed by atoms with Gasteiger partial charge in [0.25, 0.3) is 0 Å². The van der Waals surface area contributed by atoms with Crippen LogP contribution in [0, 0.1) is 0 Å². The van der Waals surface area contributed by atoms with Crippen LogP contribution in [-0.2, 0) is 0 Å². The predicted molar refractivity (Wildman–Crippen MR) is 63.5 cm³/mol. The zero-order chi connectivity index (χ0) is 10.0. The quantitative estimate of drug-likeness (QED) is 0.594. The van der Waals surface area contributed by atoms with Gasteiger partial charge in [0.2, 0.25) is 0 Å². The molecule has 0 radical (unpaired) electrons. The highest BCUT2D eigenvalue weighted by Crippen LogP contribution is 2.33. The third-order valence-corrected chi connectivity index (χ3v) is 4.68. The van der Waals surface area contributed by atoms with Crippen LogP contribution < -0.4 is 0 Å². The first-order chi connectivity index (χ1) is 6.00. The van der Waals surface area contributed by atoms with Crippen LogP contribution in [0.4, 0.5) is 0 Å². The van der Waals surface area contributed by atoms with Crippen LogP contribution in [0.5, 0.6) is 0 Å². The average molecular weight is 324 g/mol. The average Bonchev–Trinajstić information content (AvgIpc) is 2.31. The zero-order valence-corrected chi connectivity index (χ0v) is 11.1. The summed E-state index contributed by atoms with van der Waals surface area (Å²) in [6.07, 6.45) is 0.430. The normalized spacial score (nSPS) is 10.1. The molecule has 0 amide bonds. The van der Waals surface area contributed by atoms with Crippen molar-refractivity contribution in [2.45, 2.75) is 13.3 Å². The van der Waals surface area contributed by atoms with Gasteiger partial charge in [0.1, 0.15) is 0 Å². The maximum absolute atomic E-state index is 11.5. The number of halogens is 2. The Morgan fingerprint density at radius 1 is 1.62 bits per heavy atom. The molecule has 0 aromatic carbocycles. The number of carbonyl (C=O) groups excluding carboxylic acids is 1. The third kappa shape index (κ3) is 3.04. The number of hydrogen-bond donors (Lipinski definition) is 0. The van der Waals surface area contributed by atoms with E-state index in [-0.39, 0.29) is 5.78 Å². The topological polar surface area (TPSA) is 17.1 Å². The van der Waals surface area contributed by atoms with E-state index < -0.39 is 0 Å². The molecule has 1 aromatic heterocycles. The van der Waals surface area contributed by atoms with Crippen molar-refractivity contribution < 1.29 is 4.79 Å². The van der Waals surface area contributed by atoms with Crippen LogP contribution in [0.2, 0.25) is 0 Å². The second-order valence-corrected chi connectivity index (χ2v) is 6.01. The second kappa shape index (κ2) is 4.53. The number of carbonyl (C=O) groups is 1. The molecule has 1 aromatic rings. The zero-order valence-electron chi connectivity index (χ0n) is 7.06. The van der Waals surface area contributed by atoms with Gasteiger partial charge in [-0.2, -0.15) is 0 Å². The molecule has 13 heavy (non-hydrogen) atoms. The minimum Gasteiger partial charge on any atom is -0.293 e. The van der Waals surface area contributed by atoms with Crippen molar-refractivity contribution in [3.05, 3.63) is 31.4 Å². The van der Waals surface area contributed by atoms with Gasteiger partial charge in [-0.3, -0.25) is 4.79 Å². The lowest BCUT2D eigenvalue weighted by Crippen LogP contribution is -1.95. The van der Waals surface area contributed by atoms with E-state index in [2.05, 4.69) is 38.4 Å². The second-order valence-electron chi connectivity index (χ2n) is 2.79. The van der Waals surface area contributed by atoms with Crippen molar-refractivity contribution in [2.24, 2.45) is 0 Å². The van der Waals surface area contributed by atoms with E-state index in [1.54, 1.807) is 0 Å². The molecule has 0 saturated carbocycles. The minimum absolute atomic E-state index is 0.129. The molecule has 0 N–H and O–H groups in total. The van der Waals surface area contributed by atoms with E-state index >= 15 is 0 Å². The van der Waals surface area contributed by atoms with Crippen molar-refractivity contribution >= 4 is 49.0 Å². The van der Waals surface area contributed by atoms with Crippen LogP contribution >= 0.6 is 43.2 Å². The molecule has 0 bridgehead atoms. The molecule has 0 unspecified atom stereocenters. The Labute approximate surface area is 98.1 Å². The number of thiophene rings is 1. The summed E-state index contributed by atoms with van der Waals surface area (Å²) < 4.78 is 1.89. The molecule has 1 rings (SSSR count). The SMILES string of the molecule is C=C(C)CC(=O)c1cc(Br)c(Br)s1. The van der Waals surface area contributed by atoms with Crippen molar-refractivity contribution in [3.63, 3.8) is 0 Å². The molecule has 0 spiro atoms. The summed E-state index contributed by atoms with van der Waals surface area (Å²) in [5.74, 6) is 0.129. The Morgan fingerprint density at radius 2 is 2.23 bits per heavy atom. The molecule has 0 saturated heterocycles. The fourth-order valence-corrected chi connectivity index (χ4v) is 2.82. The molecule has 0 aliphatic rings. The summed E-state index contributed by atoms with van der Waals surface area (Å²) >= 11 is 8.13. The fourth-order valence-electron chi connectivity index (χ4n) is 0.845. The first-order valence-electron chi connectivity index (χ1n) is 3.63. The van der Waals surface area contributed by atoms with Crippen LogP contribution in [0.3, 0.4) is 0 Å². The summed E-state index contributed by atoms with van der Waals surface area (Å²) in [5, 5.41) is 0. The number of rotatable bonds is 3. The van der Waals surface area contributed by atoms with Crippen LogP contribution in [0.15, 0.2) is 26.5 Å². The van der Waals surface area contributed by atoms with E-state index in [1.807, 2.05) is 13.0 Å². The van der Waals surface area contributed by atoms with Crippen molar-refractivity contribution in [3.8, 4) is 0 Å². The Morgan fingerprint density at radius 3 is 2.62 bits per heavy atom. The molecule has 0 aliphatic heterocycles. The largest absolute Gasteiger partial charge is 0.293 e. The number of Topliss-reactive ketones (excluding diaryl/α,β-unsaturated/α-hetero) is 1. The first-order valence-corrected chi connectivity index (χ1v) is 6.03. The van der Waals surface area contributed by atoms with E-state index in [0.29, 0.717) is 6.42 Å². The lowest BCUT2D eigenvalue weighted by molar-refractivity contribution is 0.0997. The molecule has 70 valence electrons. The van der Waals surface area contributed by atoms with Gasteiger partial charge in [-0.05, 0) is 44.8 Å². The van der Waals surface area contributed by atoms with Crippen LogP contribution in [0.1, 0.15) is 23.0 Å². The van der Waals surface area contributed by atoms with Crippen molar-refractivity contribution in [1.82, 2.24) is 0 Å². The summed E-state index contributed by atoms with van der Waals surface area (Å²) in [7, 11) is 0. The maximum atomic E-state index is 11.5. The minimum atomic E-state index is 0.129. The highest BCUT2D eigenvalue weighted by Gasteiger charge is 2.11. The maximum Gasteiger partial charge on any atom is 0.176 e. The van der Waals surface area contributed by atoms with Gasteiger partial charge in [-0.15, -0.1) is 11.3 Å². The van der Waals surface area contributed by atoms with Gasteiger partial charge in [0.05, 0.1) is 8.66 Å². The first kappa shape index (κ1) is 11.1. The number of hydrogen-bond acceptors (Lipinski definition) is 2. The summed E-state index contributed by atoms with van der Waals surface area (Å²) in [6.45, 7) is 5.57. The van der Waals surface area contributed by atoms with Crippen LogP contribution in [-0.4, -0.2) is 5.78 Å². The highest BCUT2D eigenvalue weighted by molar-refractivity contribution is 9.13. The molecule has 0 atom stereocenters. The van der Waals surface area contributed by atoms with Gasteiger partial charge < -0.3 is 0 Å². The molecule has 0 fully saturated rings. The van der Waals surface area contributed by atoms with E-state index in [1.165, 1.54) is 11.3 Å². The molecule has 0 aliphatic carbocycles. The number of ketones is 1. The van der Waals surface area contributed by atoms with E-state index in [0.717, 1.165) is 18.7 Å². The summed E-state index contributed by atoms with van der Waals surface area (Å²) in [4.78, 5) is 12.3. The highest BCUT2D eigenvalue weighted by atomic mass is 79.9. The van der Waals surface area contributed by atoms with Gasteiger partial charge in [-0.25, -0.2) is 0 Å². The fraction of sp³-hybridized carbons (Fsp3) is 0.222. The Balaban J connectivity index is 2.83. The lowest BCUT2D eigenvalue weighted by Gasteiger charge is -1.94. The van der Waals surface area contributed by atoms with Gasteiger partial charge in [0, 0.05) is 10.9 Å². The van der Waals surface area contributed by atoms with Crippen LogP contribution in [0.25, 0.3) is 0 Å². The molecule has 1 nitrogen and oxygen atoms in total. The van der Waals surface area contributed by atoms with Crippen molar-refractivity contribution in [1.29, 1.82) is 0 Å². The van der Waals surface area contributed by atoms with E-state index in [4.69, 9.17) is 0 Å². The number of allylic oxidation sites excluding steroid dienone is 1. The summed E-state index contributed by atoms with van der Waals surface area (Å²) in [6, 6.07) is 1.83. The monoisotopic (exact) mass is 322 g/mol. The van der Waals surface area contributed by atoms with E-state index in [9.17, 15) is 4.79 Å². The standard InChI is InChI=1S/C9H8Br2OS/c1-5(2)3-7(12)8-4-6(10)9(11)13-8/h4H,1,3H2,2H3. The Hall–Kier alpha value is 0.0700. The smallest absolute Gasteiger partial charge is 0.176 e. The Kier molecular flexibility index (Phi) is 3.88. The Bertz CT molecular complexity index is 335. The summed E-state index contributed by atoms with van der Waals surface area (Å²) in [5.41, 5.74) is 0.894. The lowest BCUT2D eigenvalue weighted by atomic mass is 10.1. The molecule has 4 heteroatoms. The molecular formula is C9H8Br2OS. The van der Waals surface area contributed by atoms with Gasteiger partial charge in [-0.1, -0.05) is 12.2 Å². The third-order valence-electron chi connectivity index (χ3n) is 1.38. The predicted octanol–water partition coefficient (Wildman–Crippen LogP) is 4.42. The molecule has 1 heterocycles. The van der Waals surface area contributed by atoms with Gasteiger partial charge in [0.15, 0.2) is 5.78 Å².